The minimum atomic E-state index is -0.495. The Morgan fingerprint density at radius 2 is 0.973 bits per heavy atom. The van der Waals surface area contributed by atoms with Gasteiger partial charge in [-0.1, -0.05) is 36.4 Å². The zero-order valence-electron chi connectivity index (χ0n) is 41.7. The molecule has 376 valence electrons. The number of hydrogen-bond donors (Lipinski definition) is 3. The molecule has 3 amide bonds. The Morgan fingerprint density at radius 1 is 0.520 bits per heavy atom. The summed E-state index contributed by atoms with van der Waals surface area (Å²) in [6.45, 7) is 12.5. The van der Waals surface area contributed by atoms with Crippen LogP contribution in [0.3, 0.4) is 0 Å². The minimum Gasteiger partial charge on any atom is -0.444 e. The van der Waals surface area contributed by atoms with E-state index in [0.717, 1.165) is 112 Å². The van der Waals surface area contributed by atoms with Gasteiger partial charge in [-0.3, -0.25) is 19.6 Å². The van der Waals surface area contributed by atoms with Crippen molar-refractivity contribution in [3.63, 3.8) is 0 Å². The van der Waals surface area contributed by atoms with Crippen molar-refractivity contribution in [1.82, 2.24) is 49.4 Å². The molecule has 0 atom stereocenters. The van der Waals surface area contributed by atoms with Crippen LogP contribution in [0.15, 0.2) is 147 Å². The first-order chi connectivity index (χ1) is 36.3. The number of benzene rings is 4. The van der Waals surface area contributed by atoms with E-state index >= 15 is 0 Å². The number of nitrogens with two attached hydrogens (primary N) is 2. The van der Waals surface area contributed by atoms with Crippen molar-refractivity contribution in [3.05, 3.63) is 158 Å². The highest BCUT2D eigenvalue weighted by Gasteiger charge is 2.26. The Hall–Kier alpha value is -9.29. The van der Waals surface area contributed by atoms with Crippen molar-refractivity contribution in [2.75, 3.05) is 62.2 Å². The first kappa shape index (κ1) is 48.0. The summed E-state index contributed by atoms with van der Waals surface area (Å²) in [5, 5.41) is 14.3. The second-order valence-corrected chi connectivity index (χ2v) is 19.5. The lowest BCUT2D eigenvalue weighted by Crippen LogP contribution is -2.50. The van der Waals surface area contributed by atoms with E-state index in [1.54, 1.807) is 56.8 Å². The summed E-state index contributed by atoms with van der Waals surface area (Å²) in [6, 6.07) is 31.4. The summed E-state index contributed by atoms with van der Waals surface area (Å²) >= 11 is 0. The normalized spacial score (nSPS) is 14.0. The van der Waals surface area contributed by atoms with Crippen LogP contribution in [0, 0.1) is 0 Å². The van der Waals surface area contributed by atoms with Crippen LogP contribution in [-0.4, -0.2) is 120 Å². The largest absolute Gasteiger partial charge is 0.444 e. The smallest absolute Gasteiger partial charge is 0.410 e. The molecular weight excluding hydrogens is 945 g/mol. The lowest BCUT2D eigenvalue weighted by molar-refractivity contribution is 0.0240. The van der Waals surface area contributed by atoms with Crippen molar-refractivity contribution in [2.24, 2.45) is 11.5 Å². The number of ether oxygens (including phenoxy) is 1. The zero-order chi connectivity index (χ0) is 51.8. The summed E-state index contributed by atoms with van der Waals surface area (Å²) in [4.78, 5) is 60.3. The van der Waals surface area contributed by atoms with Gasteiger partial charge in [0.25, 0.3) is 0 Å². The molecule has 12 rings (SSSR count). The number of piperazine rings is 2. The van der Waals surface area contributed by atoms with Gasteiger partial charge in [0.05, 0.1) is 23.4 Å². The van der Waals surface area contributed by atoms with Gasteiger partial charge in [-0.05, 0) is 104 Å². The standard InChI is InChI=1S/C31H31N7O3.C26H23N7O/c1-31(2,3)41-30(40)37-14-12-36(13-15-37)23-7-4-20(5-8-23)22-17-34-29-26(18-35-38(29)19-22)24-10-11-33-27-16-21(28(32)39)6-9-25(24)27;27-25(34)18-3-6-22-21(7-8-29-24(22)13-18)23-15-31-33-16-19(14-30-26(23)33)17-1-4-20(5-2-17)32-11-9-28-10-12-32/h4-11,16-19H,12-15H2,1-3H3,(H2,32,39);1-8,13-16,28H,9-12H2,(H2,27,34). The fourth-order valence-corrected chi connectivity index (χ4v) is 9.63. The number of aromatic nitrogens is 8. The molecule has 0 aliphatic carbocycles. The van der Waals surface area contributed by atoms with Crippen molar-refractivity contribution >= 4 is 62.4 Å². The maximum Gasteiger partial charge on any atom is 0.410 e. The molecule has 75 heavy (non-hydrogen) atoms. The molecule has 2 aliphatic heterocycles. The average Bonchev–Trinajstić information content (AvgIpc) is 4.07. The number of amides is 3. The molecule has 2 aliphatic rings. The number of fused-ring (bicyclic) bond motifs is 4. The fraction of sp³-hybridized carbons (Fsp3) is 0.211. The van der Waals surface area contributed by atoms with E-state index in [9.17, 15) is 14.4 Å². The number of nitrogens with zero attached hydrogens (tertiary/aromatic N) is 11. The molecule has 0 bridgehead atoms. The van der Waals surface area contributed by atoms with Crippen molar-refractivity contribution in [2.45, 2.75) is 26.4 Å². The molecule has 5 N–H and O–H groups in total. The Labute approximate surface area is 431 Å². The number of carbonyl (C=O) groups excluding carboxylic acids is 3. The maximum atomic E-state index is 12.4. The molecule has 2 saturated heterocycles. The number of pyridine rings is 2. The Bertz CT molecular complexity index is 3780. The molecule has 4 aromatic carbocycles. The van der Waals surface area contributed by atoms with Crippen LogP contribution in [0.1, 0.15) is 41.5 Å². The van der Waals surface area contributed by atoms with E-state index < -0.39 is 17.4 Å². The van der Waals surface area contributed by atoms with E-state index in [4.69, 9.17) is 26.2 Å². The Balaban J connectivity index is 0.000000163. The molecule has 18 nitrogen and oxygen atoms in total. The zero-order valence-corrected chi connectivity index (χ0v) is 41.7. The third kappa shape index (κ3) is 9.98. The van der Waals surface area contributed by atoms with Crippen LogP contribution in [0.4, 0.5) is 16.2 Å². The number of hydrogen-bond acceptors (Lipinski definition) is 13. The van der Waals surface area contributed by atoms with Crippen LogP contribution < -0.4 is 26.6 Å². The first-order valence-electron chi connectivity index (χ1n) is 24.8. The molecule has 6 aromatic heterocycles. The second-order valence-electron chi connectivity index (χ2n) is 19.5. The van der Waals surface area contributed by atoms with Gasteiger partial charge in [-0.15, -0.1) is 0 Å². The fourth-order valence-electron chi connectivity index (χ4n) is 9.63. The maximum absolute atomic E-state index is 12.4. The summed E-state index contributed by atoms with van der Waals surface area (Å²) in [6.07, 6.45) is 14.5. The summed E-state index contributed by atoms with van der Waals surface area (Å²) < 4.78 is 9.09. The Morgan fingerprint density at radius 3 is 1.41 bits per heavy atom. The number of rotatable bonds is 8. The predicted molar refractivity (Wildman–Crippen MR) is 290 cm³/mol. The summed E-state index contributed by atoms with van der Waals surface area (Å²) in [5.74, 6) is -0.960. The molecule has 2 fully saturated rings. The van der Waals surface area contributed by atoms with Crippen LogP contribution in [0.25, 0.3) is 77.6 Å². The van der Waals surface area contributed by atoms with Gasteiger partial charge in [0.15, 0.2) is 11.3 Å². The van der Waals surface area contributed by atoms with Gasteiger partial charge in [0, 0.05) is 145 Å². The number of nitrogens with one attached hydrogen (secondary N) is 1. The van der Waals surface area contributed by atoms with Crippen LogP contribution in [0.5, 0.6) is 0 Å². The van der Waals surface area contributed by atoms with Gasteiger partial charge < -0.3 is 36.2 Å². The van der Waals surface area contributed by atoms with Gasteiger partial charge in [-0.25, -0.2) is 23.8 Å². The molecule has 0 spiro atoms. The average molecular weight is 999 g/mol. The first-order valence-corrected chi connectivity index (χ1v) is 24.8. The molecule has 10 aromatic rings. The van der Waals surface area contributed by atoms with Gasteiger partial charge >= 0.3 is 6.09 Å². The van der Waals surface area contributed by atoms with E-state index in [1.807, 2.05) is 76.0 Å². The molecule has 0 radical (unpaired) electrons. The topological polar surface area (TPSA) is 220 Å². The lowest BCUT2D eigenvalue weighted by Gasteiger charge is -2.36. The monoisotopic (exact) mass is 998 g/mol. The second kappa shape index (κ2) is 20.0. The number of carbonyl (C=O) groups is 3. The van der Waals surface area contributed by atoms with Gasteiger partial charge in [0.1, 0.15) is 5.60 Å². The highest BCUT2D eigenvalue weighted by atomic mass is 16.6. The van der Waals surface area contributed by atoms with E-state index in [0.29, 0.717) is 35.2 Å². The van der Waals surface area contributed by atoms with Crippen LogP contribution in [-0.2, 0) is 4.74 Å². The SMILES string of the molecule is CC(C)(C)OC(=O)N1CCN(c2ccc(-c3cnc4c(-c5ccnc6cc(C(N)=O)ccc56)cnn4c3)cc2)CC1.NC(=O)c1ccc2c(-c3cnn4cc(-c5ccc(N6CCNCC6)cc5)cnc34)ccnc2c1. The van der Waals surface area contributed by atoms with Gasteiger partial charge in [-0.2, -0.15) is 10.2 Å². The molecule has 0 saturated carbocycles. The van der Waals surface area contributed by atoms with Crippen LogP contribution >= 0.6 is 0 Å². The van der Waals surface area contributed by atoms with E-state index in [-0.39, 0.29) is 6.09 Å². The summed E-state index contributed by atoms with van der Waals surface area (Å²) in [5.41, 5.74) is 24.2. The lowest BCUT2D eigenvalue weighted by atomic mass is 10.0. The quantitative estimate of drug-likeness (QED) is 0.132. The molecule has 0 unspecified atom stereocenters. The molecule has 8 heterocycles. The van der Waals surface area contributed by atoms with Crippen molar-refractivity contribution in [1.29, 1.82) is 0 Å². The highest BCUT2D eigenvalue weighted by Crippen LogP contribution is 2.34. The Kier molecular flexibility index (Phi) is 12.8. The predicted octanol–water partition coefficient (Wildman–Crippen LogP) is 7.89. The van der Waals surface area contributed by atoms with Crippen molar-refractivity contribution < 1.29 is 19.1 Å². The van der Waals surface area contributed by atoms with E-state index in [2.05, 4.69) is 83.8 Å². The number of primary amides is 2. The van der Waals surface area contributed by atoms with Crippen molar-refractivity contribution in [3.8, 4) is 44.5 Å². The third-order valence-electron chi connectivity index (χ3n) is 13.5. The summed E-state index contributed by atoms with van der Waals surface area (Å²) in [7, 11) is 0. The third-order valence-corrected chi connectivity index (χ3v) is 13.5. The molecule has 18 heteroatoms. The van der Waals surface area contributed by atoms with E-state index in [1.165, 1.54) is 5.69 Å². The molecular formula is C57H54N14O4. The van der Waals surface area contributed by atoms with Gasteiger partial charge in [0.2, 0.25) is 11.8 Å². The highest BCUT2D eigenvalue weighted by molar-refractivity contribution is 6.03. The minimum absolute atomic E-state index is 0.258. The van der Waals surface area contributed by atoms with Crippen LogP contribution in [0.2, 0.25) is 0 Å². The number of anilines is 2.